The third-order valence-electron chi connectivity index (χ3n) is 5.16. The number of rotatable bonds is 4. The van der Waals surface area contributed by atoms with Gasteiger partial charge in [0, 0.05) is 40.4 Å². The summed E-state index contributed by atoms with van der Waals surface area (Å²) in [5.74, 6) is 1.12. The number of hydrogen-bond acceptors (Lipinski definition) is 3. The molecule has 1 N–H and O–H groups in total. The van der Waals surface area contributed by atoms with Crippen LogP contribution in [-0.2, 0) is 6.54 Å². The average Bonchev–Trinajstić information content (AvgIpc) is 3.16. The Bertz CT molecular complexity index is 787. The fourth-order valence-electron chi connectivity index (χ4n) is 3.73. The third kappa shape index (κ3) is 4.02. The maximum absolute atomic E-state index is 12.6. The number of anilines is 1. The van der Waals surface area contributed by atoms with E-state index >= 15 is 0 Å². The van der Waals surface area contributed by atoms with Crippen molar-refractivity contribution < 1.29 is 4.79 Å². The lowest BCUT2D eigenvalue weighted by Crippen LogP contribution is -2.33. The number of thioether (sulfide) groups is 1. The van der Waals surface area contributed by atoms with E-state index < -0.39 is 0 Å². The molecule has 3 nitrogen and oxygen atoms in total. The molecule has 0 aromatic heterocycles. The maximum Gasteiger partial charge on any atom is 0.251 e. The minimum absolute atomic E-state index is 0.0571. The van der Waals surface area contributed by atoms with Crippen LogP contribution in [0, 0.1) is 0 Å². The molecule has 1 saturated carbocycles. The van der Waals surface area contributed by atoms with E-state index in [1.54, 1.807) is 0 Å². The van der Waals surface area contributed by atoms with E-state index in [1.165, 1.54) is 23.3 Å². The van der Waals surface area contributed by atoms with Crippen molar-refractivity contribution in [1.82, 2.24) is 5.32 Å². The van der Waals surface area contributed by atoms with E-state index in [-0.39, 0.29) is 5.91 Å². The van der Waals surface area contributed by atoms with Gasteiger partial charge in [-0.3, -0.25) is 4.79 Å². The van der Waals surface area contributed by atoms with Gasteiger partial charge >= 0.3 is 0 Å². The van der Waals surface area contributed by atoms with Crippen LogP contribution >= 0.6 is 23.4 Å². The molecule has 0 spiro atoms. The molecule has 0 atom stereocenters. The van der Waals surface area contributed by atoms with Gasteiger partial charge in [0.15, 0.2) is 0 Å². The summed E-state index contributed by atoms with van der Waals surface area (Å²) in [6.45, 7) is 1.81. The first-order valence-electron chi connectivity index (χ1n) is 9.26. The number of nitrogens with zero attached hydrogens (tertiary/aromatic N) is 1. The van der Waals surface area contributed by atoms with Gasteiger partial charge < -0.3 is 10.2 Å². The van der Waals surface area contributed by atoms with Crippen LogP contribution < -0.4 is 10.2 Å². The molecule has 5 heteroatoms. The molecular weight excluding hydrogens is 364 g/mol. The van der Waals surface area contributed by atoms with Gasteiger partial charge in [-0.15, -0.1) is 11.8 Å². The van der Waals surface area contributed by atoms with E-state index in [4.69, 9.17) is 11.6 Å². The van der Waals surface area contributed by atoms with Crippen molar-refractivity contribution >= 4 is 35.0 Å². The van der Waals surface area contributed by atoms with Crippen molar-refractivity contribution in [1.29, 1.82) is 0 Å². The fraction of sp³-hybridized carbons (Fsp3) is 0.381. The van der Waals surface area contributed by atoms with Crippen molar-refractivity contribution in [2.24, 2.45) is 0 Å². The Morgan fingerprint density at radius 1 is 1.15 bits per heavy atom. The van der Waals surface area contributed by atoms with Crippen molar-refractivity contribution in [2.75, 3.05) is 17.2 Å². The Morgan fingerprint density at radius 3 is 2.69 bits per heavy atom. The number of nitrogens with one attached hydrogen (secondary N) is 1. The number of hydrogen-bond donors (Lipinski definition) is 1. The Hall–Kier alpha value is -1.65. The lowest BCUT2D eigenvalue weighted by Gasteiger charge is -2.31. The van der Waals surface area contributed by atoms with E-state index in [2.05, 4.69) is 34.5 Å². The standard InChI is InChI=1S/C21H23ClN2OS/c22-17-8-5-15(6-9-17)14-24-11-12-26-20-10-7-16(13-19(20)24)21(25)23-18-3-1-2-4-18/h5-10,13,18H,1-4,11-12,14H2,(H,23,25). The number of carbonyl (C=O) groups is 1. The minimum atomic E-state index is 0.0571. The predicted octanol–water partition coefficient (Wildman–Crippen LogP) is 5.12. The van der Waals surface area contributed by atoms with Crippen LogP contribution in [0.5, 0.6) is 0 Å². The Morgan fingerprint density at radius 2 is 1.92 bits per heavy atom. The molecule has 1 aliphatic heterocycles. The maximum atomic E-state index is 12.6. The van der Waals surface area contributed by atoms with Crippen molar-refractivity contribution in [3.05, 3.63) is 58.6 Å². The second-order valence-corrected chi connectivity index (χ2v) is 8.61. The number of halogens is 1. The zero-order valence-corrected chi connectivity index (χ0v) is 16.3. The average molecular weight is 387 g/mol. The second-order valence-electron chi connectivity index (χ2n) is 7.03. The molecule has 1 aliphatic carbocycles. The Kier molecular flexibility index (Phi) is 5.41. The highest BCUT2D eigenvalue weighted by Gasteiger charge is 2.22. The van der Waals surface area contributed by atoms with E-state index in [9.17, 15) is 4.79 Å². The number of carbonyl (C=O) groups excluding carboxylic acids is 1. The van der Waals surface area contributed by atoms with E-state index in [0.29, 0.717) is 6.04 Å². The van der Waals surface area contributed by atoms with Gasteiger partial charge in [-0.1, -0.05) is 36.6 Å². The summed E-state index contributed by atoms with van der Waals surface area (Å²) >= 11 is 7.86. The molecule has 2 aromatic rings. The first-order valence-corrected chi connectivity index (χ1v) is 10.6. The molecule has 1 fully saturated rings. The van der Waals surface area contributed by atoms with Crippen LogP contribution in [0.3, 0.4) is 0 Å². The first kappa shape index (κ1) is 17.7. The zero-order chi connectivity index (χ0) is 17.9. The van der Waals surface area contributed by atoms with Gasteiger partial charge in [0.1, 0.15) is 0 Å². The molecule has 4 rings (SSSR count). The largest absolute Gasteiger partial charge is 0.365 e. The molecule has 0 saturated heterocycles. The van der Waals surface area contributed by atoms with Gasteiger partial charge in [-0.2, -0.15) is 0 Å². The van der Waals surface area contributed by atoms with Crippen LogP contribution in [0.4, 0.5) is 5.69 Å². The fourth-order valence-corrected chi connectivity index (χ4v) is 4.89. The molecule has 0 bridgehead atoms. The summed E-state index contributed by atoms with van der Waals surface area (Å²) in [6, 6.07) is 14.5. The van der Waals surface area contributed by atoms with E-state index in [0.717, 1.165) is 48.0 Å². The molecule has 2 aliphatic rings. The van der Waals surface area contributed by atoms with Gasteiger partial charge in [-0.05, 0) is 48.7 Å². The van der Waals surface area contributed by atoms with Crippen LogP contribution in [0.1, 0.15) is 41.6 Å². The SMILES string of the molecule is O=C(NC1CCCC1)c1ccc2c(c1)N(Cc1ccc(Cl)cc1)CCS2. The van der Waals surface area contributed by atoms with Crippen LogP contribution in [0.2, 0.25) is 5.02 Å². The lowest BCUT2D eigenvalue weighted by atomic mass is 10.1. The van der Waals surface area contributed by atoms with Crippen molar-refractivity contribution in [3.8, 4) is 0 Å². The molecular formula is C21H23ClN2OS. The number of amides is 1. The molecule has 0 unspecified atom stereocenters. The van der Waals surface area contributed by atoms with Gasteiger partial charge in [0.25, 0.3) is 5.91 Å². The minimum Gasteiger partial charge on any atom is -0.365 e. The monoisotopic (exact) mass is 386 g/mol. The smallest absolute Gasteiger partial charge is 0.251 e. The highest BCUT2D eigenvalue weighted by atomic mass is 35.5. The summed E-state index contributed by atoms with van der Waals surface area (Å²) in [5.41, 5.74) is 3.16. The zero-order valence-electron chi connectivity index (χ0n) is 14.7. The summed E-state index contributed by atoms with van der Waals surface area (Å²) in [5, 5.41) is 3.95. The summed E-state index contributed by atoms with van der Waals surface area (Å²) in [4.78, 5) is 16.3. The van der Waals surface area contributed by atoms with Gasteiger partial charge in [0.2, 0.25) is 0 Å². The highest BCUT2D eigenvalue weighted by molar-refractivity contribution is 7.99. The molecule has 1 heterocycles. The summed E-state index contributed by atoms with van der Waals surface area (Å²) in [7, 11) is 0. The third-order valence-corrected chi connectivity index (χ3v) is 6.45. The number of fused-ring (bicyclic) bond motifs is 1. The number of benzene rings is 2. The second kappa shape index (κ2) is 7.93. The van der Waals surface area contributed by atoms with Gasteiger partial charge in [-0.25, -0.2) is 0 Å². The summed E-state index contributed by atoms with van der Waals surface area (Å²) in [6.07, 6.45) is 4.66. The molecule has 1 amide bonds. The quantitative estimate of drug-likeness (QED) is 0.791. The normalized spacial score (nSPS) is 17.2. The van der Waals surface area contributed by atoms with E-state index in [1.807, 2.05) is 30.0 Å². The van der Waals surface area contributed by atoms with Crippen LogP contribution in [0.25, 0.3) is 0 Å². The molecule has 136 valence electrons. The lowest BCUT2D eigenvalue weighted by molar-refractivity contribution is 0.0938. The first-order chi connectivity index (χ1) is 12.7. The van der Waals surface area contributed by atoms with Crippen LogP contribution in [-0.4, -0.2) is 24.2 Å². The van der Waals surface area contributed by atoms with Crippen molar-refractivity contribution in [2.45, 2.75) is 43.2 Å². The molecule has 0 radical (unpaired) electrons. The van der Waals surface area contributed by atoms with Crippen LogP contribution in [0.15, 0.2) is 47.4 Å². The highest BCUT2D eigenvalue weighted by Crippen LogP contribution is 2.36. The topological polar surface area (TPSA) is 32.3 Å². The Balaban J connectivity index is 1.53. The predicted molar refractivity (Wildman–Crippen MR) is 109 cm³/mol. The molecule has 2 aromatic carbocycles. The Labute approximate surface area is 164 Å². The summed E-state index contributed by atoms with van der Waals surface area (Å²) < 4.78 is 0. The molecule has 26 heavy (non-hydrogen) atoms. The van der Waals surface area contributed by atoms with Crippen molar-refractivity contribution in [3.63, 3.8) is 0 Å². The van der Waals surface area contributed by atoms with Gasteiger partial charge in [0.05, 0.1) is 5.69 Å².